The van der Waals surface area contributed by atoms with Gasteiger partial charge in [-0.3, -0.25) is 4.55 Å². The summed E-state index contributed by atoms with van der Waals surface area (Å²) in [7, 11) is -4.18. The third-order valence-electron chi connectivity index (χ3n) is 2.14. The Balaban J connectivity index is 2.79. The van der Waals surface area contributed by atoms with Gasteiger partial charge in [0, 0.05) is 16.3 Å². The fourth-order valence-corrected chi connectivity index (χ4v) is 3.35. The molecule has 2 rings (SSSR count). The zero-order valence-electron chi connectivity index (χ0n) is 7.78. The monoisotopic (exact) mass is 368 g/mol. The molecule has 0 fully saturated rings. The van der Waals surface area contributed by atoms with E-state index in [1.807, 2.05) is 0 Å². The van der Waals surface area contributed by atoms with E-state index >= 15 is 0 Å². The van der Waals surface area contributed by atoms with Crippen molar-refractivity contribution in [1.29, 1.82) is 0 Å². The summed E-state index contributed by atoms with van der Waals surface area (Å²) < 4.78 is 36.8. The molecule has 86 valence electrons. The van der Waals surface area contributed by atoms with Crippen LogP contribution in [-0.4, -0.2) is 13.0 Å². The van der Waals surface area contributed by atoms with Crippen LogP contribution in [0.1, 0.15) is 5.56 Å². The molecule has 0 aliphatic heterocycles. The van der Waals surface area contributed by atoms with Crippen molar-refractivity contribution >= 4 is 52.9 Å². The molecule has 7 heteroatoms. The lowest BCUT2D eigenvalue weighted by molar-refractivity contribution is 0.483. The Morgan fingerprint density at radius 2 is 2.06 bits per heavy atom. The summed E-state index contributed by atoms with van der Waals surface area (Å²) in [6, 6.07) is 4.19. The molecule has 16 heavy (non-hydrogen) atoms. The van der Waals surface area contributed by atoms with Crippen LogP contribution in [0, 0.1) is 0 Å². The van der Waals surface area contributed by atoms with E-state index in [0.29, 0.717) is 21.0 Å². The molecular weight excluding hydrogens is 364 g/mol. The zero-order valence-corrected chi connectivity index (χ0v) is 11.8. The Labute approximate surface area is 109 Å². The lowest BCUT2D eigenvalue weighted by Crippen LogP contribution is -1.97. The number of alkyl halides is 1. The molecule has 0 aliphatic rings. The van der Waals surface area contributed by atoms with Crippen LogP contribution in [0.4, 0.5) is 0 Å². The molecular formula is C9H6Br2O4S. The average molecular weight is 370 g/mol. The van der Waals surface area contributed by atoms with Gasteiger partial charge in [-0.2, -0.15) is 8.42 Å². The number of benzene rings is 1. The van der Waals surface area contributed by atoms with Gasteiger partial charge in [0.1, 0.15) is 5.58 Å². The first-order valence-electron chi connectivity index (χ1n) is 4.18. The van der Waals surface area contributed by atoms with Gasteiger partial charge in [-0.25, -0.2) is 0 Å². The standard InChI is InChI=1S/C9H6Br2O4S/c10-4-7-6-3-5(16(12,13)14)1-2-8(6)15-9(7)11/h1-3H,4H2,(H,12,13,14). The zero-order chi connectivity index (χ0) is 11.9. The van der Waals surface area contributed by atoms with Crippen LogP contribution >= 0.6 is 31.9 Å². The highest BCUT2D eigenvalue weighted by molar-refractivity contribution is 9.10. The average Bonchev–Trinajstić information content (AvgIpc) is 2.50. The fourth-order valence-electron chi connectivity index (χ4n) is 1.38. The minimum absolute atomic E-state index is 0.143. The number of halogens is 2. The fraction of sp³-hybridized carbons (Fsp3) is 0.111. The first-order chi connectivity index (χ1) is 7.43. The summed E-state index contributed by atoms with van der Waals surface area (Å²) in [4.78, 5) is -0.143. The van der Waals surface area contributed by atoms with E-state index in [-0.39, 0.29) is 4.90 Å². The molecule has 0 radical (unpaired) electrons. The largest absolute Gasteiger partial charge is 0.449 e. The summed E-state index contributed by atoms with van der Waals surface area (Å²) in [6.07, 6.45) is 0. The van der Waals surface area contributed by atoms with Gasteiger partial charge in [-0.15, -0.1) is 0 Å². The molecule has 0 saturated heterocycles. The van der Waals surface area contributed by atoms with E-state index in [0.717, 1.165) is 5.56 Å². The minimum atomic E-state index is -4.18. The van der Waals surface area contributed by atoms with Gasteiger partial charge >= 0.3 is 0 Å². The highest BCUT2D eigenvalue weighted by atomic mass is 79.9. The predicted octanol–water partition coefficient (Wildman–Crippen LogP) is 3.34. The Kier molecular flexibility index (Phi) is 3.13. The Morgan fingerprint density at radius 3 is 2.62 bits per heavy atom. The highest BCUT2D eigenvalue weighted by Crippen LogP contribution is 2.32. The van der Waals surface area contributed by atoms with E-state index in [9.17, 15) is 8.42 Å². The summed E-state index contributed by atoms with van der Waals surface area (Å²) in [5, 5.41) is 1.18. The van der Waals surface area contributed by atoms with Crippen LogP contribution in [0.15, 0.2) is 32.2 Å². The van der Waals surface area contributed by atoms with Crippen molar-refractivity contribution in [2.75, 3.05) is 0 Å². The number of rotatable bonds is 2. The normalized spacial score (nSPS) is 12.2. The third kappa shape index (κ3) is 2.04. The summed E-state index contributed by atoms with van der Waals surface area (Å²) >= 11 is 6.52. The molecule has 0 saturated carbocycles. The molecule has 2 aromatic rings. The second-order valence-corrected chi connectivity index (χ2v) is 5.82. The second-order valence-electron chi connectivity index (χ2n) is 3.12. The third-order valence-corrected chi connectivity index (χ3v) is 4.20. The maximum Gasteiger partial charge on any atom is 0.294 e. The van der Waals surface area contributed by atoms with Crippen molar-refractivity contribution in [1.82, 2.24) is 0 Å². The number of hydrogen-bond donors (Lipinski definition) is 1. The first-order valence-corrected chi connectivity index (χ1v) is 7.53. The van der Waals surface area contributed by atoms with E-state index < -0.39 is 10.1 Å². The summed E-state index contributed by atoms with van der Waals surface area (Å²) in [5.74, 6) is 0. The van der Waals surface area contributed by atoms with Crippen LogP contribution in [0.25, 0.3) is 11.0 Å². The molecule has 1 N–H and O–H groups in total. The van der Waals surface area contributed by atoms with Gasteiger partial charge in [0.15, 0.2) is 4.67 Å². The first kappa shape index (κ1) is 12.1. The second kappa shape index (κ2) is 4.14. The van der Waals surface area contributed by atoms with Crippen molar-refractivity contribution in [3.05, 3.63) is 28.4 Å². The van der Waals surface area contributed by atoms with Crippen LogP contribution in [0.2, 0.25) is 0 Å². The number of hydrogen-bond acceptors (Lipinski definition) is 3. The van der Waals surface area contributed by atoms with Crippen LogP contribution in [0.5, 0.6) is 0 Å². The van der Waals surface area contributed by atoms with Crippen molar-refractivity contribution < 1.29 is 17.4 Å². The molecule has 4 nitrogen and oxygen atoms in total. The van der Waals surface area contributed by atoms with Crippen molar-refractivity contribution in [3.8, 4) is 0 Å². The molecule has 1 aromatic carbocycles. The minimum Gasteiger partial charge on any atom is -0.449 e. The molecule has 1 heterocycles. The molecule has 0 bridgehead atoms. The molecule has 0 spiro atoms. The van der Waals surface area contributed by atoms with Gasteiger partial charge < -0.3 is 4.42 Å². The smallest absolute Gasteiger partial charge is 0.294 e. The van der Waals surface area contributed by atoms with Gasteiger partial charge in [0.05, 0.1) is 4.90 Å². The summed E-state index contributed by atoms with van der Waals surface area (Å²) in [5.41, 5.74) is 1.37. The molecule has 0 aliphatic carbocycles. The molecule has 0 atom stereocenters. The van der Waals surface area contributed by atoms with Gasteiger partial charge in [0.25, 0.3) is 10.1 Å². The van der Waals surface area contributed by atoms with E-state index in [1.54, 1.807) is 0 Å². The quantitative estimate of drug-likeness (QED) is 0.651. The number of fused-ring (bicyclic) bond motifs is 1. The van der Waals surface area contributed by atoms with E-state index in [2.05, 4.69) is 31.9 Å². The van der Waals surface area contributed by atoms with Gasteiger partial charge in [-0.1, -0.05) is 15.9 Å². The van der Waals surface area contributed by atoms with Gasteiger partial charge in [-0.05, 0) is 34.1 Å². The molecule has 0 amide bonds. The van der Waals surface area contributed by atoms with E-state index in [1.165, 1.54) is 18.2 Å². The lowest BCUT2D eigenvalue weighted by Gasteiger charge is -1.97. The Bertz CT molecular complexity index is 645. The Morgan fingerprint density at radius 1 is 1.38 bits per heavy atom. The molecule has 0 unspecified atom stereocenters. The summed E-state index contributed by atoms with van der Waals surface area (Å²) in [6.45, 7) is 0. The topological polar surface area (TPSA) is 67.5 Å². The highest BCUT2D eigenvalue weighted by Gasteiger charge is 2.15. The van der Waals surface area contributed by atoms with Crippen molar-refractivity contribution in [3.63, 3.8) is 0 Å². The van der Waals surface area contributed by atoms with E-state index in [4.69, 9.17) is 8.97 Å². The van der Waals surface area contributed by atoms with Gasteiger partial charge in [0.2, 0.25) is 0 Å². The lowest BCUT2D eigenvalue weighted by atomic mass is 10.2. The number of furan rings is 1. The maximum atomic E-state index is 11.0. The van der Waals surface area contributed by atoms with Crippen LogP contribution in [0.3, 0.4) is 0 Å². The van der Waals surface area contributed by atoms with Crippen molar-refractivity contribution in [2.45, 2.75) is 10.2 Å². The van der Waals surface area contributed by atoms with Crippen molar-refractivity contribution in [2.24, 2.45) is 0 Å². The predicted molar refractivity (Wildman–Crippen MR) is 66.4 cm³/mol. The maximum absolute atomic E-state index is 11.0. The molecule has 1 aromatic heterocycles. The van der Waals surface area contributed by atoms with Crippen LogP contribution in [-0.2, 0) is 15.4 Å². The SMILES string of the molecule is O=S(=O)(O)c1ccc2oc(Br)c(CBr)c2c1. The Hall–Kier alpha value is -0.370. The van der Waals surface area contributed by atoms with Crippen LogP contribution < -0.4 is 0 Å².